The standard InChI is InChI=1S/C7H7BrClNO2S/c8-4-5-1-2-6(3-7(5)9)13(10,11)12/h1-3H,4H2,(H2,10,11,12). The summed E-state index contributed by atoms with van der Waals surface area (Å²) in [4.78, 5) is 0.0298. The van der Waals surface area contributed by atoms with Crippen LogP contribution in [-0.2, 0) is 15.4 Å². The molecule has 3 nitrogen and oxygen atoms in total. The van der Waals surface area contributed by atoms with Crippen molar-refractivity contribution in [2.45, 2.75) is 10.2 Å². The fourth-order valence-electron chi connectivity index (χ4n) is 0.813. The molecule has 0 fully saturated rings. The molecule has 0 radical (unpaired) electrons. The molecule has 0 bridgehead atoms. The molecule has 2 N–H and O–H groups in total. The summed E-state index contributed by atoms with van der Waals surface area (Å²) in [5, 5.41) is 5.89. The maximum atomic E-state index is 10.9. The zero-order chi connectivity index (χ0) is 10.1. The minimum atomic E-state index is -3.65. The van der Waals surface area contributed by atoms with E-state index < -0.39 is 10.0 Å². The number of sulfonamides is 1. The molecular weight excluding hydrogens is 278 g/mol. The molecule has 0 unspecified atom stereocenters. The third-order valence-electron chi connectivity index (χ3n) is 1.50. The van der Waals surface area contributed by atoms with E-state index in [-0.39, 0.29) is 4.90 Å². The van der Waals surface area contributed by atoms with E-state index in [0.717, 1.165) is 5.56 Å². The van der Waals surface area contributed by atoms with Gasteiger partial charge in [-0.2, -0.15) is 0 Å². The van der Waals surface area contributed by atoms with Gasteiger partial charge in [-0.15, -0.1) is 0 Å². The van der Waals surface area contributed by atoms with Gasteiger partial charge in [-0.3, -0.25) is 0 Å². The summed E-state index contributed by atoms with van der Waals surface area (Å²) in [6.07, 6.45) is 0. The summed E-state index contributed by atoms with van der Waals surface area (Å²) < 4.78 is 21.8. The van der Waals surface area contributed by atoms with Gasteiger partial charge in [0.15, 0.2) is 0 Å². The normalized spacial score (nSPS) is 11.6. The largest absolute Gasteiger partial charge is 0.238 e. The Morgan fingerprint density at radius 2 is 2.08 bits per heavy atom. The molecule has 0 aliphatic heterocycles. The molecule has 1 aromatic carbocycles. The van der Waals surface area contributed by atoms with Crippen LogP contribution in [0.5, 0.6) is 0 Å². The third kappa shape index (κ3) is 2.67. The van der Waals surface area contributed by atoms with Gasteiger partial charge in [0.25, 0.3) is 0 Å². The summed E-state index contributed by atoms with van der Waals surface area (Å²) in [7, 11) is -3.65. The van der Waals surface area contributed by atoms with E-state index in [0.29, 0.717) is 10.4 Å². The number of benzene rings is 1. The average molecular weight is 285 g/mol. The summed E-state index contributed by atoms with van der Waals surface area (Å²) in [6.45, 7) is 0. The lowest BCUT2D eigenvalue weighted by Gasteiger charge is -2.02. The van der Waals surface area contributed by atoms with Gasteiger partial charge in [0, 0.05) is 10.4 Å². The lowest BCUT2D eigenvalue weighted by Crippen LogP contribution is -2.12. The number of hydrogen-bond acceptors (Lipinski definition) is 2. The second-order valence-electron chi connectivity index (χ2n) is 2.43. The second-order valence-corrected chi connectivity index (χ2v) is 4.96. The van der Waals surface area contributed by atoms with Crippen molar-refractivity contribution >= 4 is 37.6 Å². The molecule has 0 aromatic heterocycles. The fourth-order valence-corrected chi connectivity index (χ4v) is 2.32. The second kappa shape index (κ2) is 3.96. The van der Waals surface area contributed by atoms with Crippen LogP contribution in [-0.4, -0.2) is 8.42 Å². The van der Waals surface area contributed by atoms with Crippen molar-refractivity contribution < 1.29 is 8.42 Å². The average Bonchev–Trinajstić information content (AvgIpc) is 2.02. The van der Waals surface area contributed by atoms with Gasteiger partial charge in [-0.25, -0.2) is 13.6 Å². The van der Waals surface area contributed by atoms with E-state index in [2.05, 4.69) is 15.9 Å². The molecule has 0 amide bonds. The smallest absolute Gasteiger partial charge is 0.225 e. The van der Waals surface area contributed by atoms with E-state index in [1.807, 2.05) is 0 Å². The van der Waals surface area contributed by atoms with Crippen LogP contribution in [0.25, 0.3) is 0 Å². The molecule has 13 heavy (non-hydrogen) atoms. The maximum absolute atomic E-state index is 10.9. The van der Waals surface area contributed by atoms with Crippen molar-refractivity contribution in [2.24, 2.45) is 5.14 Å². The van der Waals surface area contributed by atoms with E-state index in [9.17, 15) is 8.42 Å². The number of primary sulfonamides is 1. The Morgan fingerprint density at radius 1 is 1.46 bits per heavy atom. The molecular formula is C7H7BrClNO2S. The predicted molar refractivity (Wildman–Crippen MR) is 55.5 cm³/mol. The van der Waals surface area contributed by atoms with Crippen LogP contribution in [0.1, 0.15) is 5.56 Å². The SMILES string of the molecule is NS(=O)(=O)c1ccc(CBr)c(Cl)c1. The van der Waals surface area contributed by atoms with Crippen LogP contribution < -0.4 is 5.14 Å². The number of rotatable bonds is 2. The van der Waals surface area contributed by atoms with Gasteiger partial charge in [0.05, 0.1) is 4.90 Å². The molecule has 0 spiro atoms. The topological polar surface area (TPSA) is 60.2 Å². The fraction of sp³-hybridized carbons (Fsp3) is 0.143. The lowest BCUT2D eigenvalue weighted by molar-refractivity contribution is 0.598. The van der Waals surface area contributed by atoms with Crippen LogP contribution in [0.3, 0.4) is 0 Å². The Labute approximate surface area is 90.1 Å². The van der Waals surface area contributed by atoms with Crippen molar-refractivity contribution in [3.8, 4) is 0 Å². The number of nitrogens with two attached hydrogens (primary N) is 1. The predicted octanol–water partition coefficient (Wildman–Crippen LogP) is 1.88. The van der Waals surface area contributed by atoms with Gasteiger partial charge < -0.3 is 0 Å². The monoisotopic (exact) mass is 283 g/mol. The first-order valence-electron chi connectivity index (χ1n) is 3.32. The van der Waals surface area contributed by atoms with Crippen molar-refractivity contribution in [1.82, 2.24) is 0 Å². The van der Waals surface area contributed by atoms with E-state index in [4.69, 9.17) is 16.7 Å². The quantitative estimate of drug-likeness (QED) is 0.843. The first-order valence-corrected chi connectivity index (χ1v) is 6.37. The van der Waals surface area contributed by atoms with Gasteiger partial charge in [0.2, 0.25) is 10.0 Å². The molecule has 0 atom stereocenters. The summed E-state index contributed by atoms with van der Waals surface area (Å²) in [5.74, 6) is 0. The molecule has 0 aliphatic carbocycles. The van der Waals surface area contributed by atoms with Crippen molar-refractivity contribution in [3.63, 3.8) is 0 Å². The Kier molecular flexibility index (Phi) is 3.34. The molecule has 0 aliphatic rings. The highest BCUT2D eigenvalue weighted by atomic mass is 79.9. The zero-order valence-corrected chi connectivity index (χ0v) is 9.66. The van der Waals surface area contributed by atoms with Crippen molar-refractivity contribution in [3.05, 3.63) is 28.8 Å². The number of halogens is 2. The Balaban J connectivity index is 3.26. The third-order valence-corrected chi connectivity index (χ3v) is 3.36. The molecule has 1 rings (SSSR count). The molecule has 72 valence electrons. The highest BCUT2D eigenvalue weighted by molar-refractivity contribution is 9.08. The first-order chi connectivity index (χ1) is 5.95. The first kappa shape index (κ1) is 11.0. The summed E-state index contributed by atoms with van der Waals surface area (Å²) in [6, 6.07) is 4.39. The number of alkyl halides is 1. The Morgan fingerprint density at radius 3 is 2.46 bits per heavy atom. The molecule has 6 heteroatoms. The van der Waals surface area contributed by atoms with Crippen LogP contribution in [0, 0.1) is 0 Å². The molecule has 0 heterocycles. The molecule has 1 aromatic rings. The maximum Gasteiger partial charge on any atom is 0.238 e. The summed E-state index contributed by atoms with van der Waals surface area (Å²) >= 11 is 9.00. The van der Waals surface area contributed by atoms with Crippen LogP contribution in [0.2, 0.25) is 5.02 Å². The highest BCUT2D eigenvalue weighted by Gasteiger charge is 2.09. The molecule has 0 saturated carbocycles. The van der Waals surface area contributed by atoms with Crippen LogP contribution >= 0.6 is 27.5 Å². The van der Waals surface area contributed by atoms with Gasteiger partial charge in [-0.05, 0) is 17.7 Å². The minimum Gasteiger partial charge on any atom is -0.225 e. The Hall–Kier alpha value is -0.100. The van der Waals surface area contributed by atoms with Crippen LogP contribution in [0.4, 0.5) is 0 Å². The minimum absolute atomic E-state index is 0.0298. The zero-order valence-electron chi connectivity index (χ0n) is 6.50. The van der Waals surface area contributed by atoms with Crippen molar-refractivity contribution in [1.29, 1.82) is 0 Å². The molecule has 0 saturated heterocycles. The Bertz CT molecular complexity index is 419. The van der Waals surface area contributed by atoms with E-state index in [1.165, 1.54) is 12.1 Å². The van der Waals surface area contributed by atoms with Crippen molar-refractivity contribution in [2.75, 3.05) is 0 Å². The lowest BCUT2D eigenvalue weighted by atomic mass is 10.2. The van der Waals surface area contributed by atoms with Crippen LogP contribution in [0.15, 0.2) is 23.1 Å². The van der Waals surface area contributed by atoms with E-state index in [1.54, 1.807) is 6.07 Å². The van der Waals surface area contributed by atoms with Gasteiger partial charge in [-0.1, -0.05) is 33.6 Å². The van der Waals surface area contributed by atoms with Gasteiger partial charge in [0.1, 0.15) is 0 Å². The summed E-state index contributed by atoms with van der Waals surface area (Å²) in [5.41, 5.74) is 0.828. The highest BCUT2D eigenvalue weighted by Crippen LogP contribution is 2.21. The van der Waals surface area contributed by atoms with E-state index >= 15 is 0 Å². The number of hydrogen-bond donors (Lipinski definition) is 1. The van der Waals surface area contributed by atoms with Gasteiger partial charge >= 0.3 is 0 Å².